The number of nitrogens with one attached hydrogen (secondary N) is 1. The van der Waals surface area contributed by atoms with Crippen LogP contribution in [0.1, 0.15) is 5.56 Å². The second kappa shape index (κ2) is 4.07. The number of halogens is 1. The Morgan fingerprint density at radius 3 is 2.64 bits per heavy atom. The Hall–Kier alpha value is -1.61. The molecule has 2 aromatic rings. The van der Waals surface area contributed by atoms with E-state index in [1.54, 1.807) is 12.4 Å². The Labute approximate surface area is 87.9 Å². The van der Waals surface area contributed by atoms with E-state index in [0.717, 1.165) is 10.8 Å². The van der Waals surface area contributed by atoms with Gasteiger partial charge in [0.15, 0.2) is 0 Å². The van der Waals surface area contributed by atoms with Gasteiger partial charge in [-0.1, -0.05) is 24.3 Å². The van der Waals surface area contributed by atoms with E-state index in [0.29, 0.717) is 5.56 Å². The molecule has 0 amide bonds. The van der Waals surface area contributed by atoms with Crippen LogP contribution in [-0.2, 0) is 0 Å². The highest BCUT2D eigenvalue weighted by Crippen LogP contribution is 2.15. The SMILES string of the molecule is Cl.N=C(N)c1cncc2ccccc12. The lowest BCUT2D eigenvalue weighted by atomic mass is 10.1. The first-order chi connectivity index (χ1) is 6.29. The molecule has 1 heterocycles. The molecule has 0 saturated heterocycles. The van der Waals surface area contributed by atoms with Crippen molar-refractivity contribution >= 4 is 29.0 Å². The van der Waals surface area contributed by atoms with E-state index in [1.165, 1.54) is 0 Å². The van der Waals surface area contributed by atoms with Crippen LogP contribution in [0.4, 0.5) is 0 Å². The van der Waals surface area contributed by atoms with Crippen LogP contribution in [0.3, 0.4) is 0 Å². The van der Waals surface area contributed by atoms with E-state index < -0.39 is 0 Å². The molecule has 4 heteroatoms. The number of nitrogens with two attached hydrogens (primary N) is 1. The topological polar surface area (TPSA) is 62.8 Å². The van der Waals surface area contributed by atoms with Gasteiger partial charge in [0.2, 0.25) is 0 Å². The zero-order valence-electron chi connectivity index (χ0n) is 7.40. The highest BCUT2D eigenvalue weighted by Gasteiger charge is 2.02. The molecule has 0 fully saturated rings. The van der Waals surface area contributed by atoms with Gasteiger partial charge in [-0.25, -0.2) is 0 Å². The standard InChI is InChI=1S/C10H9N3.ClH/c11-10(12)9-6-13-5-7-3-1-2-4-8(7)9;/h1-6H,(H3,11,12);1H. The molecule has 0 atom stereocenters. The van der Waals surface area contributed by atoms with Crippen molar-refractivity contribution in [1.29, 1.82) is 5.41 Å². The van der Waals surface area contributed by atoms with Gasteiger partial charge >= 0.3 is 0 Å². The molecular formula is C10H10ClN3. The highest BCUT2D eigenvalue weighted by atomic mass is 35.5. The summed E-state index contributed by atoms with van der Waals surface area (Å²) in [6.07, 6.45) is 3.38. The fourth-order valence-corrected chi connectivity index (χ4v) is 1.33. The number of fused-ring (bicyclic) bond motifs is 1. The van der Waals surface area contributed by atoms with Gasteiger partial charge in [-0.15, -0.1) is 12.4 Å². The van der Waals surface area contributed by atoms with Gasteiger partial charge in [0.05, 0.1) is 0 Å². The summed E-state index contributed by atoms with van der Waals surface area (Å²) in [4.78, 5) is 4.01. The molecule has 72 valence electrons. The van der Waals surface area contributed by atoms with E-state index in [4.69, 9.17) is 11.1 Å². The molecule has 0 spiro atoms. The maximum Gasteiger partial charge on any atom is 0.124 e. The Balaban J connectivity index is 0.000000980. The third-order valence-corrected chi connectivity index (χ3v) is 1.96. The van der Waals surface area contributed by atoms with Crippen molar-refractivity contribution in [2.45, 2.75) is 0 Å². The minimum atomic E-state index is 0. The van der Waals surface area contributed by atoms with Gasteiger partial charge < -0.3 is 5.73 Å². The number of pyridine rings is 1. The summed E-state index contributed by atoms with van der Waals surface area (Å²) in [7, 11) is 0. The Bertz CT molecular complexity index is 462. The molecule has 0 aliphatic carbocycles. The minimum absolute atomic E-state index is 0. The average Bonchev–Trinajstić information content (AvgIpc) is 2.17. The molecular weight excluding hydrogens is 198 g/mol. The summed E-state index contributed by atoms with van der Waals surface area (Å²) in [6, 6.07) is 7.76. The van der Waals surface area contributed by atoms with E-state index in [9.17, 15) is 0 Å². The van der Waals surface area contributed by atoms with E-state index in [-0.39, 0.29) is 18.2 Å². The van der Waals surface area contributed by atoms with Crippen LogP contribution >= 0.6 is 12.4 Å². The maximum atomic E-state index is 7.36. The zero-order chi connectivity index (χ0) is 9.26. The zero-order valence-corrected chi connectivity index (χ0v) is 8.21. The molecule has 0 aliphatic rings. The van der Waals surface area contributed by atoms with E-state index in [2.05, 4.69) is 4.98 Å². The van der Waals surface area contributed by atoms with Crippen molar-refractivity contribution in [1.82, 2.24) is 4.98 Å². The molecule has 0 bridgehead atoms. The smallest absolute Gasteiger partial charge is 0.124 e. The van der Waals surface area contributed by atoms with Gasteiger partial charge in [0, 0.05) is 23.3 Å². The molecule has 2 rings (SSSR count). The second-order valence-electron chi connectivity index (χ2n) is 2.82. The van der Waals surface area contributed by atoms with Gasteiger partial charge in [0.25, 0.3) is 0 Å². The number of benzene rings is 1. The Morgan fingerprint density at radius 2 is 1.93 bits per heavy atom. The number of nitrogens with zero attached hydrogens (tertiary/aromatic N) is 1. The minimum Gasteiger partial charge on any atom is -0.384 e. The molecule has 1 aromatic heterocycles. The number of aromatic nitrogens is 1. The van der Waals surface area contributed by atoms with Crippen molar-refractivity contribution in [3.63, 3.8) is 0 Å². The number of nitrogen functional groups attached to an aromatic ring is 1. The number of hydrogen-bond acceptors (Lipinski definition) is 2. The van der Waals surface area contributed by atoms with Crippen LogP contribution < -0.4 is 5.73 Å². The molecule has 14 heavy (non-hydrogen) atoms. The molecule has 3 nitrogen and oxygen atoms in total. The molecule has 0 saturated carbocycles. The number of amidine groups is 1. The van der Waals surface area contributed by atoms with Gasteiger partial charge in [-0.2, -0.15) is 0 Å². The van der Waals surface area contributed by atoms with Gasteiger partial charge in [-0.3, -0.25) is 10.4 Å². The molecule has 0 radical (unpaired) electrons. The number of hydrogen-bond donors (Lipinski definition) is 2. The lowest BCUT2D eigenvalue weighted by Crippen LogP contribution is -2.11. The summed E-state index contributed by atoms with van der Waals surface area (Å²) in [5.41, 5.74) is 6.12. The lowest BCUT2D eigenvalue weighted by Gasteiger charge is -2.02. The summed E-state index contributed by atoms with van der Waals surface area (Å²) in [5.74, 6) is 0.0595. The van der Waals surface area contributed by atoms with Crippen molar-refractivity contribution in [3.05, 3.63) is 42.2 Å². The van der Waals surface area contributed by atoms with Crippen molar-refractivity contribution in [3.8, 4) is 0 Å². The number of rotatable bonds is 1. The summed E-state index contributed by atoms with van der Waals surface area (Å²) in [5, 5.41) is 9.34. The normalized spacial score (nSPS) is 9.43. The maximum absolute atomic E-state index is 7.36. The average molecular weight is 208 g/mol. The second-order valence-corrected chi connectivity index (χ2v) is 2.82. The van der Waals surface area contributed by atoms with Crippen molar-refractivity contribution in [2.24, 2.45) is 5.73 Å². The monoisotopic (exact) mass is 207 g/mol. The molecule has 3 N–H and O–H groups in total. The van der Waals surface area contributed by atoms with Crippen molar-refractivity contribution < 1.29 is 0 Å². The van der Waals surface area contributed by atoms with Crippen LogP contribution in [0, 0.1) is 5.41 Å². The summed E-state index contributed by atoms with van der Waals surface area (Å²) >= 11 is 0. The summed E-state index contributed by atoms with van der Waals surface area (Å²) in [6.45, 7) is 0. The molecule has 1 aromatic carbocycles. The van der Waals surface area contributed by atoms with Crippen LogP contribution in [0.15, 0.2) is 36.7 Å². The fourth-order valence-electron chi connectivity index (χ4n) is 1.33. The highest BCUT2D eigenvalue weighted by molar-refractivity contribution is 6.06. The van der Waals surface area contributed by atoms with Crippen molar-refractivity contribution in [2.75, 3.05) is 0 Å². The predicted octanol–water partition coefficient (Wildman–Crippen LogP) is 1.94. The van der Waals surface area contributed by atoms with Crippen LogP contribution in [0.2, 0.25) is 0 Å². The Kier molecular flexibility index (Phi) is 3.04. The first-order valence-corrected chi connectivity index (χ1v) is 3.96. The lowest BCUT2D eigenvalue weighted by molar-refractivity contribution is 1.33. The Morgan fingerprint density at radius 1 is 1.21 bits per heavy atom. The molecule has 0 aliphatic heterocycles. The quantitative estimate of drug-likeness (QED) is 0.555. The van der Waals surface area contributed by atoms with E-state index >= 15 is 0 Å². The predicted molar refractivity (Wildman–Crippen MR) is 60.0 cm³/mol. The third-order valence-electron chi connectivity index (χ3n) is 1.96. The van der Waals surface area contributed by atoms with Gasteiger partial charge in [0.1, 0.15) is 5.84 Å². The first-order valence-electron chi connectivity index (χ1n) is 3.96. The third kappa shape index (κ3) is 1.67. The van der Waals surface area contributed by atoms with Crippen LogP contribution in [-0.4, -0.2) is 10.8 Å². The van der Waals surface area contributed by atoms with Crippen LogP contribution in [0.25, 0.3) is 10.8 Å². The summed E-state index contributed by atoms with van der Waals surface area (Å²) < 4.78 is 0. The fraction of sp³-hybridized carbons (Fsp3) is 0. The largest absolute Gasteiger partial charge is 0.384 e. The van der Waals surface area contributed by atoms with E-state index in [1.807, 2.05) is 24.3 Å². The first kappa shape index (κ1) is 10.5. The van der Waals surface area contributed by atoms with Crippen LogP contribution in [0.5, 0.6) is 0 Å². The molecule has 0 unspecified atom stereocenters. The van der Waals surface area contributed by atoms with Gasteiger partial charge in [-0.05, 0) is 5.39 Å².